The summed E-state index contributed by atoms with van der Waals surface area (Å²) in [4.78, 5) is 19.2. The van der Waals surface area contributed by atoms with Crippen LogP contribution in [0.5, 0.6) is 0 Å². The molecule has 1 aromatic rings. The Hall–Kier alpha value is -1.69. The standard InChI is InChI=1S/C12H16FN3O2/c1-8-7-15(2)3-4-16(8)11-10(12(17)18)5-9(13)6-14-11/h5-6,8H,3-4,7H2,1-2H3,(H,17,18). The highest BCUT2D eigenvalue weighted by atomic mass is 19.1. The van der Waals surface area contributed by atoms with Gasteiger partial charge in [0.25, 0.3) is 0 Å². The van der Waals surface area contributed by atoms with Crippen molar-refractivity contribution in [3.63, 3.8) is 0 Å². The van der Waals surface area contributed by atoms with Crippen LogP contribution in [-0.4, -0.2) is 53.7 Å². The molecular formula is C12H16FN3O2. The van der Waals surface area contributed by atoms with Crippen molar-refractivity contribution < 1.29 is 14.3 Å². The molecule has 0 spiro atoms. The number of halogens is 1. The van der Waals surface area contributed by atoms with Crippen LogP contribution in [0.25, 0.3) is 0 Å². The van der Waals surface area contributed by atoms with Gasteiger partial charge in [-0.1, -0.05) is 0 Å². The number of aromatic nitrogens is 1. The average molecular weight is 253 g/mol. The van der Waals surface area contributed by atoms with Crippen molar-refractivity contribution in [1.29, 1.82) is 0 Å². The van der Waals surface area contributed by atoms with Crippen LogP contribution < -0.4 is 4.90 Å². The lowest BCUT2D eigenvalue weighted by molar-refractivity contribution is 0.0696. The van der Waals surface area contributed by atoms with Gasteiger partial charge in [-0.3, -0.25) is 0 Å². The Balaban J connectivity index is 2.35. The highest BCUT2D eigenvalue weighted by Gasteiger charge is 2.26. The van der Waals surface area contributed by atoms with Crippen molar-refractivity contribution in [1.82, 2.24) is 9.88 Å². The Morgan fingerprint density at radius 3 is 2.89 bits per heavy atom. The first-order chi connectivity index (χ1) is 8.49. The molecule has 1 aromatic heterocycles. The van der Waals surface area contributed by atoms with Crippen LogP contribution in [-0.2, 0) is 0 Å². The largest absolute Gasteiger partial charge is 0.478 e. The van der Waals surface area contributed by atoms with E-state index in [0.29, 0.717) is 12.4 Å². The first-order valence-electron chi connectivity index (χ1n) is 5.83. The van der Waals surface area contributed by atoms with Crippen molar-refractivity contribution in [3.8, 4) is 0 Å². The molecule has 1 saturated heterocycles. The van der Waals surface area contributed by atoms with E-state index >= 15 is 0 Å². The summed E-state index contributed by atoms with van der Waals surface area (Å²) in [6, 6.07) is 1.18. The fourth-order valence-corrected chi connectivity index (χ4v) is 2.27. The number of aromatic carboxylic acids is 1. The summed E-state index contributed by atoms with van der Waals surface area (Å²) in [7, 11) is 2.02. The van der Waals surface area contributed by atoms with Crippen LogP contribution in [0.1, 0.15) is 17.3 Å². The predicted octanol–water partition coefficient (Wildman–Crippen LogP) is 1.06. The van der Waals surface area contributed by atoms with Crippen LogP contribution in [0.2, 0.25) is 0 Å². The first-order valence-corrected chi connectivity index (χ1v) is 5.83. The second-order valence-electron chi connectivity index (χ2n) is 4.63. The molecule has 1 fully saturated rings. The van der Waals surface area contributed by atoms with Gasteiger partial charge in [0.1, 0.15) is 17.2 Å². The number of hydrogen-bond acceptors (Lipinski definition) is 4. The van der Waals surface area contributed by atoms with Crippen molar-refractivity contribution >= 4 is 11.8 Å². The molecule has 0 amide bonds. The van der Waals surface area contributed by atoms with Gasteiger partial charge in [0.05, 0.1) is 6.20 Å². The molecule has 1 N–H and O–H groups in total. The number of anilines is 1. The zero-order chi connectivity index (χ0) is 13.3. The molecule has 6 heteroatoms. The number of rotatable bonds is 2. The van der Waals surface area contributed by atoms with Gasteiger partial charge in [-0.15, -0.1) is 0 Å². The Labute approximate surface area is 105 Å². The number of likely N-dealkylation sites (N-methyl/N-ethyl adjacent to an activating group) is 1. The van der Waals surface area contributed by atoms with Gasteiger partial charge in [0.15, 0.2) is 0 Å². The first kappa shape index (κ1) is 12.8. The lowest BCUT2D eigenvalue weighted by Gasteiger charge is -2.39. The molecule has 0 bridgehead atoms. The maximum atomic E-state index is 13.1. The van der Waals surface area contributed by atoms with Gasteiger partial charge in [0, 0.05) is 25.7 Å². The van der Waals surface area contributed by atoms with Gasteiger partial charge in [-0.05, 0) is 20.0 Å². The molecule has 1 atom stereocenters. The molecule has 0 aromatic carbocycles. The summed E-state index contributed by atoms with van der Waals surface area (Å²) in [5.41, 5.74) is -0.0774. The predicted molar refractivity (Wildman–Crippen MR) is 65.5 cm³/mol. The number of carbonyl (C=O) groups is 1. The molecule has 2 heterocycles. The second kappa shape index (κ2) is 4.89. The number of pyridine rings is 1. The third kappa shape index (κ3) is 2.43. The maximum absolute atomic E-state index is 13.1. The average Bonchev–Trinajstić information content (AvgIpc) is 2.29. The minimum absolute atomic E-state index is 0.0774. The zero-order valence-electron chi connectivity index (χ0n) is 10.4. The van der Waals surface area contributed by atoms with Crippen molar-refractivity contribution in [2.45, 2.75) is 13.0 Å². The van der Waals surface area contributed by atoms with E-state index in [2.05, 4.69) is 9.88 Å². The molecule has 18 heavy (non-hydrogen) atoms. The quantitative estimate of drug-likeness (QED) is 0.854. The summed E-state index contributed by atoms with van der Waals surface area (Å²) in [6.07, 6.45) is 1.06. The van der Waals surface area contributed by atoms with Gasteiger partial charge >= 0.3 is 5.97 Å². The molecule has 0 radical (unpaired) electrons. The summed E-state index contributed by atoms with van der Waals surface area (Å²) in [5, 5.41) is 9.12. The van der Waals surface area contributed by atoms with E-state index in [1.165, 1.54) is 0 Å². The highest BCUT2D eigenvalue weighted by molar-refractivity contribution is 5.93. The third-order valence-corrected chi connectivity index (χ3v) is 3.17. The summed E-state index contributed by atoms with van der Waals surface area (Å²) < 4.78 is 13.1. The van der Waals surface area contributed by atoms with E-state index in [-0.39, 0.29) is 11.6 Å². The molecule has 0 saturated carbocycles. The molecule has 5 nitrogen and oxygen atoms in total. The second-order valence-corrected chi connectivity index (χ2v) is 4.63. The van der Waals surface area contributed by atoms with E-state index in [1.807, 2.05) is 18.9 Å². The van der Waals surface area contributed by atoms with Gasteiger partial charge in [-0.25, -0.2) is 14.2 Å². The van der Waals surface area contributed by atoms with Crippen LogP contribution >= 0.6 is 0 Å². The lowest BCUT2D eigenvalue weighted by atomic mass is 10.1. The summed E-state index contributed by atoms with van der Waals surface area (Å²) >= 11 is 0. The zero-order valence-corrected chi connectivity index (χ0v) is 10.4. The van der Waals surface area contributed by atoms with Crippen molar-refractivity contribution in [3.05, 3.63) is 23.6 Å². The molecule has 1 unspecified atom stereocenters. The number of piperazine rings is 1. The summed E-state index contributed by atoms with van der Waals surface area (Å²) in [6.45, 7) is 4.36. The Morgan fingerprint density at radius 2 is 2.28 bits per heavy atom. The molecular weight excluding hydrogens is 237 g/mol. The Kier molecular flexibility index (Phi) is 3.47. The Bertz CT molecular complexity index is 467. The van der Waals surface area contributed by atoms with E-state index < -0.39 is 11.8 Å². The Morgan fingerprint density at radius 1 is 1.56 bits per heavy atom. The van der Waals surface area contributed by atoms with Crippen LogP contribution in [0, 0.1) is 5.82 Å². The van der Waals surface area contributed by atoms with Gasteiger partial charge in [-0.2, -0.15) is 0 Å². The molecule has 2 rings (SSSR count). The smallest absolute Gasteiger partial charge is 0.339 e. The fourth-order valence-electron chi connectivity index (χ4n) is 2.27. The third-order valence-electron chi connectivity index (χ3n) is 3.17. The van der Waals surface area contributed by atoms with E-state index in [9.17, 15) is 9.18 Å². The molecule has 1 aliphatic rings. The molecule has 1 aliphatic heterocycles. The van der Waals surface area contributed by atoms with Crippen LogP contribution in [0.4, 0.5) is 10.2 Å². The van der Waals surface area contributed by atoms with Crippen molar-refractivity contribution in [2.24, 2.45) is 0 Å². The molecule has 98 valence electrons. The van der Waals surface area contributed by atoms with Crippen molar-refractivity contribution in [2.75, 3.05) is 31.6 Å². The maximum Gasteiger partial charge on any atom is 0.339 e. The number of carboxylic acids is 1. The highest BCUT2D eigenvalue weighted by Crippen LogP contribution is 2.22. The minimum atomic E-state index is -1.15. The van der Waals surface area contributed by atoms with E-state index in [1.54, 1.807) is 0 Å². The lowest BCUT2D eigenvalue weighted by Crippen LogP contribution is -2.51. The number of nitrogens with zero attached hydrogens (tertiary/aromatic N) is 3. The fraction of sp³-hybridized carbons (Fsp3) is 0.500. The van der Waals surface area contributed by atoms with Crippen LogP contribution in [0.3, 0.4) is 0 Å². The number of hydrogen-bond donors (Lipinski definition) is 1. The molecule has 0 aliphatic carbocycles. The minimum Gasteiger partial charge on any atom is -0.478 e. The monoisotopic (exact) mass is 253 g/mol. The number of carboxylic acid groups (broad SMARTS) is 1. The van der Waals surface area contributed by atoms with Gasteiger partial charge in [0.2, 0.25) is 0 Å². The van der Waals surface area contributed by atoms with E-state index in [4.69, 9.17) is 5.11 Å². The van der Waals surface area contributed by atoms with Crippen LogP contribution in [0.15, 0.2) is 12.3 Å². The van der Waals surface area contributed by atoms with E-state index in [0.717, 1.165) is 25.4 Å². The van der Waals surface area contributed by atoms with Gasteiger partial charge < -0.3 is 14.9 Å². The SMILES string of the molecule is CC1CN(C)CCN1c1ncc(F)cc1C(=O)O. The topological polar surface area (TPSA) is 56.7 Å². The normalized spacial score (nSPS) is 21.1. The summed E-state index contributed by atoms with van der Waals surface area (Å²) in [5.74, 6) is -1.43.